The van der Waals surface area contributed by atoms with E-state index in [4.69, 9.17) is 17.5 Å². The van der Waals surface area contributed by atoms with Gasteiger partial charge >= 0.3 is 0 Å². The van der Waals surface area contributed by atoms with Crippen LogP contribution in [0.4, 0.5) is 11.4 Å². The molecule has 140 valence electrons. The molecule has 1 aliphatic heterocycles. The normalized spacial score (nSPS) is 14.9. The molecule has 2 N–H and O–H groups in total. The summed E-state index contributed by atoms with van der Waals surface area (Å²) >= 11 is 5.44. The van der Waals surface area contributed by atoms with E-state index in [0.717, 1.165) is 24.3 Å². The lowest BCUT2D eigenvalue weighted by Crippen LogP contribution is -2.31. The average Bonchev–Trinajstić information content (AvgIpc) is 2.70. The number of nitrogens with one attached hydrogen (secondary N) is 2. The predicted molar refractivity (Wildman–Crippen MR) is 116 cm³/mol. The van der Waals surface area contributed by atoms with Crippen molar-refractivity contribution >= 4 is 28.7 Å². The molecule has 1 aliphatic rings. The Balaban J connectivity index is 1.53. The Morgan fingerprint density at radius 2 is 1.74 bits per heavy atom. The van der Waals surface area contributed by atoms with Gasteiger partial charge in [0.05, 0.1) is 18.5 Å². The van der Waals surface area contributed by atoms with Crippen LogP contribution in [0.5, 0.6) is 0 Å². The van der Waals surface area contributed by atoms with E-state index in [1.54, 1.807) is 0 Å². The molecule has 0 radical (unpaired) electrons. The highest BCUT2D eigenvalue weighted by Crippen LogP contribution is 2.22. The van der Waals surface area contributed by atoms with E-state index in [9.17, 15) is 0 Å². The molecule has 2 aromatic carbocycles. The predicted octanol–water partition coefficient (Wildman–Crippen LogP) is 4.79. The molecule has 1 heterocycles. The van der Waals surface area contributed by atoms with Gasteiger partial charge in [-0.05, 0) is 73.8 Å². The van der Waals surface area contributed by atoms with Crippen molar-refractivity contribution in [3.63, 3.8) is 0 Å². The Labute approximate surface area is 167 Å². The van der Waals surface area contributed by atoms with Gasteiger partial charge in [0.25, 0.3) is 0 Å². The van der Waals surface area contributed by atoms with Gasteiger partial charge in [-0.25, -0.2) is 0 Å². The van der Waals surface area contributed by atoms with Gasteiger partial charge in [0.15, 0.2) is 5.11 Å². The summed E-state index contributed by atoms with van der Waals surface area (Å²) in [6.07, 6.45) is 4.35. The number of anilines is 2. The molecule has 5 heteroatoms. The van der Waals surface area contributed by atoms with Crippen LogP contribution in [0, 0.1) is 11.3 Å². The van der Waals surface area contributed by atoms with Crippen molar-refractivity contribution in [3.05, 3.63) is 59.7 Å². The zero-order valence-corrected chi connectivity index (χ0v) is 16.6. The minimum atomic E-state index is 0.123. The zero-order chi connectivity index (χ0) is 19.1. The first kappa shape index (κ1) is 19.2. The monoisotopic (exact) mass is 378 g/mol. The SMILES string of the molecule is CC(NC(=S)Nc1ccc(CC#N)cc1)c1ccc(N2CCCCC2)cc1. The number of nitrogens with zero attached hydrogens (tertiary/aromatic N) is 2. The minimum Gasteiger partial charge on any atom is -0.372 e. The number of hydrogen-bond acceptors (Lipinski definition) is 3. The van der Waals surface area contributed by atoms with Crippen LogP contribution in [0.1, 0.15) is 43.4 Å². The number of hydrogen-bond donors (Lipinski definition) is 2. The fraction of sp³-hybridized carbons (Fsp3) is 0.364. The van der Waals surface area contributed by atoms with Gasteiger partial charge < -0.3 is 15.5 Å². The fourth-order valence-corrected chi connectivity index (χ4v) is 3.66. The van der Waals surface area contributed by atoms with Crippen LogP contribution >= 0.6 is 12.2 Å². The van der Waals surface area contributed by atoms with Crippen molar-refractivity contribution in [2.75, 3.05) is 23.3 Å². The molecular formula is C22H26N4S. The minimum absolute atomic E-state index is 0.123. The summed E-state index contributed by atoms with van der Waals surface area (Å²) in [5.74, 6) is 0. The second-order valence-corrected chi connectivity index (χ2v) is 7.40. The van der Waals surface area contributed by atoms with E-state index in [-0.39, 0.29) is 6.04 Å². The Morgan fingerprint density at radius 3 is 2.37 bits per heavy atom. The van der Waals surface area contributed by atoms with Crippen molar-refractivity contribution in [1.29, 1.82) is 5.26 Å². The Bertz CT molecular complexity index is 787. The van der Waals surface area contributed by atoms with Crippen LogP contribution in [0.3, 0.4) is 0 Å². The third-order valence-corrected chi connectivity index (χ3v) is 5.18. The molecular weight excluding hydrogens is 352 g/mol. The molecule has 1 saturated heterocycles. The quantitative estimate of drug-likeness (QED) is 0.733. The summed E-state index contributed by atoms with van der Waals surface area (Å²) < 4.78 is 0. The van der Waals surface area contributed by atoms with E-state index in [2.05, 4.69) is 52.8 Å². The summed E-state index contributed by atoms with van der Waals surface area (Å²) in [6.45, 7) is 4.43. The molecule has 3 rings (SSSR count). The first-order chi connectivity index (χ1) is 13.2. The van der Waals surface area contributed by atoms with E-state index in [1.165, 1.54) is 30.5 Å². The summed E-state index contributed by atoms with van der Waals surface area (Å²) in [6, 6.07) is 18.8. The third-order valence-electron chi connectivity index (χ3n) is 4.96. The van der Waals surface area contributed by atoms with Gasteiger partial charge in [-0.2, -0.15) is 5.26 Å². The van der Waals surface area contributed by atoms with Gasteiger partial charge in [0, 0.05) is 24.5 Å². The second kappa shape index (κ2) is 9.38. The van der Waals surface area contributed by atoms with Crippen LogP contribution in [0.2, 0.25) is 0 Å². The van der Waals surface area contributed by atoms with Gasteiger partial charge in [-0.3, -0.25) is 0 Å². The highest BCUT2D eigenvalue weighted by molar-refractivity contribution is 7.80. The maximum Gasteiger partial charge on any atom is 0.171 e. The van der Waals surface area contributed by atoms with Gasteiger partial charge in [0.1, 0.15) is 0 Å². The van der Waals surface area contributed by atoms with Crippen LogP contribution in [-0.4, -0.2) is 18.2 Å². The molecule has 27 heavy (non-hydrogen) atoms. The van der Waals surface area contributed by atoms with Crippen molar-refractivity contribution < 1.29 is 0 Å². The Morgan fingerprint density at radius 1 is 1.07 bits per heavy atom. The lowest BCUT2D eigenvalue weighted by atomic mass is 10.1. The van der Waals surface area contributed by atoms with E-state index in [0.29, 0.717) is 11.5 Å². The molecule has 4 nitrogen and oxygen atoms in total. The molecule has 1 fully saturated rings. The molecule has 1 unspecified atom stereocenters. The van der Waals surface area contributed by atoms with Gasteiger partial charge in [0.2, 0.25) is 0 Å². The summed E-state index contributed by atoms with van der Waals surface area (Å²) in [5, 5.41) is 15.9. The van der Waals surface area contributed by atoms with Crippen molar-refractivity contribution in [1.82, 2.24) is 5.32 Å². The molecule has 0 saturated carbocycles. The topological polar surface area (TPSA) is 51.1 Å². The number of thiocarbonyl (C=S) groups is 1. The van der Waals surface area contributed by atoms with Crippen LogP contribution in [-0.2, 0) is 6.42 Å². The standard InChI is InChI=1S/C22H26N4S/c1-17(19-7-11-21(12-8-19)26-15-3-2-4-16-26)24-22(27)25-20-9-5-18(6-10-20)13-14-23/h5-12,17H,2-4,13,15-16H2,1H3,(H2,24,25,27). The van der Waals surface area contributed by atoms with Crippen molar-refractivity contribution in [2.24, 2.45) is 0 Å². The summed E-state index contributed by atoms with van der Waals surface area (Å²) in [4.78, 5) is 2.47. The highest BCUT2D eigenvalue weighted by atomic mass is 32.1. The third kappa shape index (κ3) is 5.45. The first-order valence-corrected chi connectivity index (χ1v) is 9.95. The number of rotatable bonds is 5. The number of benzene rings is 2. The Kier molecular flexibility index (Phi) is 6.67. The molecule has 0 aromatic heterocycles. The van der Waals surface area contributed by atoms with Crippen molar-refractivity contribution in [2.45, 2.75) is 38.6 Å². The van der Waals surface area contributed by atoms with Gasteiger partial charge in [-0.1, -0.05) is 24.3 Å². The van der Waals surface area contributed by atoms with Crippen molar-refractivity contribution in [3.8, 4) is 6.07 Å². The van der Waals surface area contributed by atoms with E-state index < -0.39 is 0 Å². The smallest absolute Gasteiger partial charge is 0.171 e. The molecule has 2 aromatic rings. The maximum atomic E-state index is 8.73. The maximum absolute atomic E-state index is 8.73. The largest absolute Gasteiger partial charge is 0.372 e. The highest BCUT2D eigenvalue weighted by Gasteiger charge is 2.12. The van der Waals surface area contributed by atoms with Crippen LogP contribution < -0.4 is 15.5 Å². The summed E-state index contributed by atoms with van der Waals surface area (Å²) in [5.41, 5.74) is 4.44. The lowest BCUT2D eigenvalue weighted by Gasteiger charge is -2.29. The van der Waals surface area contributed by atoms with E-state index >= 15 is 0 Å². The zero-order valence-electron chi connectivity index (χ0n) is 15.7. The second-order valence-electron chi connectivity index (χ2n) is 6.99. The molecule has 0 spiro atoms. The van der Waals surface area contributed by atoms with Crippen LogP contribution in [0.25, 0.3) is 0 Å². The van der Waals surface area contributed by atoms with Gasteiger partial charge in [-0.15, -0.1) is 0 Å². The molecule has 0 amide bonds. The molecule has 0 aliphatic carbocycles. The molecule has 0 bridgehead atoms. The fourth-order valence-electron chi connectivity index (χ4n) is 3.37. The van der Waals surface area contributed by atoms with Crippen LogP contribution in [0.15, 0.2) is 48.5 Å². The average molecular weight is 379 g/mol. The number of piperidine rings is 1. The first-order valence-electron chi connectivity index (χ1n) is 9.54. The number of nitriles is 1. The molecule has 1 atom stereocenters. The van der Waals surface area contributed by atoms with E-state index in [1.807, 2.05) is 24.3 Å². The Hall–Kier alpha value is -2.58. The summed E-state index contributed by atoms with van der Waals surface area (Å²) in [7, 11) is 0. The lowest BCUT2D eigenvalue weighted by molar-refractivity contribution is 0.577.